The first-order valence-corrected chi connectivity index (χ1v) is 6.28. The van der Waals surface area contributed by atoms with Crippen molar-refractivity contribution in [1.82, 2.24) is 4.90 Å². The number of nitrogens with zero attached hydrogens (tertiary/aromatic N) is 1. The Morgan fingerprint density at radius 3 is 2.00 bits per heavy atom. The van der Waals surface area contributed by atoms with Crippen LogP contribution in [0.4, 0.5) is 0 Å². The third-order valence-corrected chi connectivity index (χ3v) is 4.20. The molecule has 0 aliphatic heterocycles. The molecule has 2 atom stereocenters. The summed E-state index contributed by atoms with van der Waals surface area (Å²) in [5.41, 5.74) is -0.400. The van der Waals surface area contributed by atoms with E-state index in [1.54, 1.807) is 11.9 Å². The number of aliphatic carboxylic acids is 1. The second-order valence-electron chi connectivity index (χ2n) is 5.53. The first kappa shape index (κ1) is 14.0. The second-order valence-corrected chi connectivity index (χ2v) is 5.53. The second kappa shape index (κ2) is 4.67. The van der Waals surface area contributed by atoms with Crippen LogP contribution < -0.4 is 0 Å². The van der Waals surface area contributed by atoms with Gasteiger partial charge in [-0.1, -0.05) is 27.7 Å². The van der Waals surface area contributed by atoms with Crippen LogP contribution in [0.25, 0.3) is 0 Å². The third kappa shape index (κ3) is 2.31. The summed E-state index contributed by atoms with van der Waals surface area (Å²) in [6.07, 6.45) is 1.81. The minimum atomic E-state index is -0.855. The molecule has 0 heterocycles. The van der Waals surface area contributed by atoms with Crippen molar-refractivity contribution in [1.29, 1.82) is 0 Å². The van der Waals surface area contributed by atoms with Gasteiger partial charge in [0.25, 0.3) is 0 Å². The number of hydrogen-bond acceptors (Lipinski definition) is 2. The van der Waals surface area contributed by atoms with Crippen molar-refractivity contribution in [3.63, 3.8) is 0 Å². The van der Waals surface area contributed by atoms with Crippen LogP contribution in [0.1, 0.15) is 40.5 Å². The van der Waals surface area contributed by atoms with E-state index in [4.69, 9.17) is 5.11 Å². The van der Waals surface area contributed by atoms with E-state index in [9.17, 15) is 9.59 Å². The molecule has 17 heavy (non-hydrogen) atoms. The summed E-state index contributed by atoms with van der Waals surface area (Å²) in [6.45, 7) is 7.81. The van der Waals surface area contributed by atoms with Crippen molar-refractivity contribution in [2.45, 2.75) is 46.6 Å². The molecular weight excluding hydrogens is 218 g/mol. The summed E-state index contributed by atoms with van der Waals surface area (Å²) < 4.78 is 0. The SMILES string of the molecule is CCC(CC)N(C)C(=O)[C@H]1[C@@H](C(=O)O)C1(C)C. The molecule has 1 N–H and O–H groups in total. The zero-order chi connectivity index (χ0) is 13.4. The predicted octanol–water partition coefficient (Wildman–Crippen LogP) is 1.99. The molecule has 1 fully saturated rings. The van der Waals surface area contributed by atoms with Crippen molar-refractivity contribution in [3.05, 3.63) is 0 Å². The van der Waals surface area contributed by atoms with Crippen LogP contribution in [0.2, 0.25) is 0 Å². The van der Waals surface area contributed by atoms with Crippen LogP contribution in [0, 0.1) is 17.3 Å². The highest BCUT2D eigenvalue weighted by atomic mass is 16.4. The molecule has 1 aliphatic rings. The van der Waals surface area contributed by atoms with Gasteiger partial charge in [-0.05, 0) is 18.3 Å². The molecule has 0 unspecified atom stereocenters. The molecule has 1 rings (SSSR count). The van der Waals surface area contributed by atoms with E-state index < -0.39 is 17.3 Å². The smallest absolute Gasteiger partial charge is 0.307 e. The lowest BCUT2D eigenvalue weighted by Gasteiger charge is -2.27. The van der Waals surface area contributed by atoms with Crippen molar-refractivity contribution < 1.29 is 14.7 Å². The van der Waals surface area contributed by atoms with Crippen LogP contribution in [-0.2, 0) is 9.59 Å². The van der Waals surface area contributed by atoms with Gasteiger partial charge in [0.05, 0.1) is 11.8 Å². The summed E-state index contributed by atoms with van der Waals surface area (Å²) in [6, 6.07) is 0.216. The van der Waals surface area contributed by atoms with Gasteiger partial charge in [-0.3, -0.25) is 9.59 Å². The molecule has 4 nitrogen and oxygen atoms in total. The Bertz CT molecular complexity index is 321. The first-order chi connectivity index (χ1) is 7.78. The molecule has 1 amide bonds. The molecule has 0 saturated heterocycles. The van der Waals surface area contributed by atoms with Crippen molar-refractivity contribution in [3.8, 4) is 0 Å². The summed E-state index contributed by atoms with van der Waals surface area (Å²) >= 11 is 0. The molecule has 1 saturated carbocycles. The Morgan fingerprint density at radius 2 is 1.71 bits per heavy atom. The molecule has 98 valence electrons. The van der Waals surface area contributed by atoms with Gasteiger partial charge in [-0.2, -0.15) is 0 Å². The molecular formula is C13H23NO3. The summed E-state index contributed by atoms with van der Waals surface area (Å²) in [4.78, 5) is 25.0. The predicted molar refractivity (Wildman–Crippen MR) is 65.5 cm³/mol. The number of hydrogen-bond donors (Lipinski definition) is 1. The number of carboxylic acids is 1. The Hall–Kier alpha value is -1.06. The van der Waals surface area contributed by atoms with Gasteiger partial charge in [-0.15, -0.1) is 0 Å². The van der Waals surface area contributed by atoms with Crippen LogP contribution >= 0.6 is 0 Å². The van der Waals surface area contributed by atoms with Crippen LogP contribution in [0.15, 0.2) is 0 Å². The van der Waals surface area contributed by atoms with Gasteiger partial charge >= 0.3 is 5.97 Å². The lowest BCUT2D eigenvalue weighted by molar-refractivity contribution is -0.142. The molecule has 0 radical (unpaired) electrons. The molecule has 0 aromatic carbocycles. The maximum atomic E-state index is 12.3. The fraction of sp³-hybridized carbons (Fsp3) is 0.846. The standard InChI is InChI=1S/C13H23NO3/c1-6-8(7-2)14(5)11(15)9-10(12(16)17)13(9,3)4/h8-10H,6-7H2,1-5H3,(H,16,17)/t9-,10+/m1/s1. The highest BCUT2D eigenvalue weighted by Gasteiger charge is 2.66. The van der Waals surface area contributed by atoms with Gasteiger partial charge in [0.15, 0.2) is 0 Å². The van der Waals surface area contributed by atoms with Gasteiger partial charge in [0.1, 0.15) is 0 Å². The lowest BCUT2D eigenvalue weighted by atomic mass is 10.1. The Balaban J connectivity index is 2.76. The molecule has 0 aromatic rings. The van der Waals surface area contributed by atoms with Crippen LogP contribution in [0.5, 0.6) is 0 Å². The normalized spacial score (nSPS) is 25.8. The minimum absolute atomic E-state index is 0.0175. The summed E-state index contributed by atoms with van der Waals surface area (Å²) in [5, 5.41) is 9.07. The van der Waals surface area contributed by atoms with Crippen molar-refractivity contribution in [2.75, 3.05) is 7.05 Å². The Labute approximate surface area is 103 Å². The first-order valence-electron chi connectivity index (χ1n) is 6.28. The van der Waals surface area contributed by atoms with Gasteiger partial charge in [0.2, 0.25) is 5.91 Å². The molecule has 1 aliphatic carbocycles. The average Bonchev–Trinajstić information content (AvgIpc) is 2.82. The number of carbonyl (C=O) groups excluding carboxylic acids is 1. The zero-order valence-corrected chi connectivity index (χ0v) is 11.4. The maximum absolute atomic E-state index is 12.3. The van der Waals surface area contributed by atoms with Gasteiger partial charge in [-0.25, -0.2) is 0 Å². The fourth-order valence-electron chi connectivity index (χ4n) is 2.80. The summed E-state index contributed by atoms with van der Waals surface area (Å²) in [5.74, 6) is -1.75. The van der Waals surface area contributed by atoms with E-state index in [1.165, 1.54) is 0 Å². The largest absolute Gasteiger partial charge is 0.481 e. The third-order valence-electron chi connectivity index (χ3n) is 4.20. The van der Waals surface area contributed by atoms with E-state index >= 15 is 0 Å². The average molecular weight is 241 g/mol. The molecule has 0 aromatic heterocycles. The minimum Gasteiger partial charge on any atom is -0.481 e. The fourth-order valence-corrected chi connectivity index (χ4v) is 2.80. The highest BCUT2D eigenvalue weighted by molar-refractivity contribution is 5.91. The number of amides is 1. The van der Waals surface area contributed by atoms with Gasteiger partial charge < -0.3 is 10.0 Å². The quantitative estimate of drug-likeness (QED) is 0.800. The topological polar surface area (TPSA) is 57.6 Å². The Kier molecular flexibility index (Phi) is 3.84. The maximum Gasteiger partial charge on any atom is 0.307 e. The van der Waals surface area contributed by atoms with Crippen molar-refractivity contribution in [2.24, 2.45) is 17.3 Å². The lowest BCUT2D eigenvalue weighted by Crippen LogP contribution is -2.38. The number of carboxylic acid groups (broad SMARTS) is 1. The Morgan fingerprint density at radius 1 is 1.24 bits per heavy atom. The van der Waals surface area contributed by atoms with E-state index in [1.807, 2.05) is 27.7 Å². The van der Waals surface area contributed by atoms with E-state index in [0.29, 0.717) is 0 Å². The van der Waals surface area contributed by atoms with Gasteiger partial charge in [0, 0.05) is 13.1 Å². The molecule has 4 heteroatoms. The highest BCUT2D eigenvalue weighted by Crippen LogP contribution is 2.59. The zero-order valence-electron chi connectivity index (χ0n) is 11.4. The van der Waals surface area contributed by atoms with E-state index in [2.05, 4.69) is 0 Å². The number of rotatable bonds is 5. The van der Waals surface area contributed by atoms with Crippen molar-refractivity contribution >= 4 is 11.9 Å². The summed E-state index contributed by atoms with van der Waals surface area (Å²) in [7, 11) is 1.79. The van der Waals surface area contributed by atoms with Crippen LogP contribution in [0.3, 0.4) is 0 Å². The molecule has 0 bridgehead atoms. The van der Waals surface area contributed by atoms with E-state index in [-0.39, 0.29) is 17.9 Å². The number of carbonyl (C=O) groups is 2. The van der Waals surface area contributed by atoms with Crippen LogP contribution in [-0.4, -0.2) is 35.0 Å². The van der Waals surface area contributed by atoms with E-state index in [0.717, 1.165) is 12.8 Å². The monoisotopic (exact) mass is 241 g/mol. The molecule has 0 spiro atoms.